The number of rotatable bonds is 9. The summed E-state index contributed by atoms with van der Waals surface area (Å²) in [5, 5.41) is 3.49. The third kappa shape index (κ3) is 6.53. The van der Waals surface area contributed by atoms with Gasteiger partial charge in [-0.1, -0.05) is 51.5 Å². The van der Waals surface area contributed by atoms with Crippen LogP contribution >= 0.6 is 0 Å². The highest BCUT2D eigenvalue weighted by Gasteiger charge is 2.08. The number of hydrogen-bond donors (Lipinski definition) is 1. The number of hydrogen-bond acceptors (Lipinski definition) is 2. The minimum Gasteiger partial charge on any atom is -0.312 e. The van der Waals surface area contributed by atoms with Crippen LogP contribution in [0.4, 0.5) is 0 Å². The first-order chi connectivity index (χ1) is 9.52. The SMILES string of the molecule is CCCC(C)N(C)Cc1ccc(CNCC(C)C)cc1. The number of nitrogens with one attached hydrogen (secondary N) is 1. The summed E-state index contributed by atoms with van der Waals surface area (Å²) in [7, 11) is 2.22. The summed E-state index contributed by atoms with van der Waals surface area (Å²) >= 11 is 0. The fourth-order valence-electron chi connectivity index (χ4n) is 2.35. The molecule has 0 heterocycles. The van der Waals surface area contributed by atoms with Crippen molar-refractivity contribution in [3.05, 3.63) is 35.4 Å². The zero-order valence-corrected chi connectivity index (χ0v) is 13.9. The lowest BCUT2D eigenvalue weighted by molar-refractivity contribution is 0.237. The Kier molecular flexibility index (Phi) is 7.86. The Morgan fingerprint density at radius 2 is 1.65 bits per heavy atom. The van der Waals surface area contributed by atoms with Crippen molar-refractivity contribution in [1.82, 2.24) is 10.2 Å². The van der Waals surface area contributed by atoms with Crippen LogP contribution in [0.1, 0.15) is 51.7 Å². The van der Waals surface area contributed by atoms with Crippen LogP contribution in [0.25, 0.3) is 0 Å². The molecule has 0 aliphatic heterocycles. The van der Waals surface area contributed by atoms with Crippen molar-refractivity contribution >= 4 is 0 Å². The second-order valence-electron chi connectivity index (χ2n) is 6.39. The smallest absolute Gasteiger partial charge is 0.0233 e. The summed E-state index contributed by atoms with van der Waals surface area (Å²) in [6.07, 6.45) is 2.53. The van der Waals surface area contributed by atoms with Crippen LogP contribution in [0.15, 0.2) is 24.3 Å². The largest absolute Gasteiger partial charge is 0.312 e. The topological polar surface area (TPSA) is 15.3 Å². The van der Waals surface area contributed by atoms with Gasteiger partial charge < -0.3 is 5.32 Å². The van der Waals surface area contributed by atoms with E-state index < -0.39 is 0 Å². The van der Waals surface area contributed by atoms with E-state index in [4.69, 9.17) is 0 Å². The molecule has 1 rings (SSSR count). The molecule has 0 spiro atoms. The third-order valence-electron chi connectivity index (χ3n) is 3.80. The van der Waals surface area contributed by atoms with E-state index in [9.17, 15) is 0 Å². The molecular weight excluding hydrogens is 244 g/mol. The van der Waals surface area contributed by atoms with E-state index >= 15 is 0 Å². The van der Waals surface area contributed by atoms with Gasteiger partial charge >= 0.3 is 0 Å². The zero-order valence-electron chi connectivity index (χ0n) is 13.9. The molecule has 0 radical (unpaired) electrons. The maximum absolute atomic E-state index is 3.49. The van der Waals surface area contributed by atoms with Crippen LogP contribution in [0, 0.1) is 5.92 Å². The lowest BCUT2D eigenvalue weighted by atomic mass is 10.1. The summed E-state index contributed by atoms with van der Waals surface area (Å²) in [5.74, 6) is 0.711. The van der Waals surface area contributed by atoms with Crippen LogP contribution in [0.3, 0.4) is 0 Å². The summed E-state index contributed by atoms with van der Waals surface area (Å²) in [5.41, 5.74) is 2.78. The Morgan fingerprint density at radius 1 is 1.05 bits per heavy atom. The molecule has 114 valence electrons. The van der Waals surface area contributed by atoms with E-state index in [2.05, 4.69) is 69.2 Å². The molecule has 20 heavy (non-hydrogen) atoms. The average molecular weight is 276 g/mol. The van der Waals surface area contributed by atoms with E-state index in [-0.39, 0.29) is 0 Å². The number of nitrogens with zero attached hydrogens (tertiary/aromatic N) is 1. The minimum atomic E-state index is 0.660. The van der Waals surface area contributed by atoms with Crippen molar-refractivity contribution < 1.29 is 0 Å². The molecule has 0 aliphatic carbocycles. The van der Waals surface area contributed by atoms with Gasteiger partial charge in [0.1, 0.15) is 0 Å². The van der Waals surface area contributed by atoms with Crippen LogP contribution in [-0.2, 0) is 13.1 Å². The third-order valence-corrected chi connectivity index (χ3v) is 3.80. The van der Waals surface area contributed by atoms with Crippen molar-refractivity contribution in [2.45, 2.75) is 59.7 Å². The van der Waals surface area contributed by atoms with Gasteiger partial charge in [0.15, 0.2) is 0 Å². The van der Waals surface area contributed by atoms with Gasteiger partial charge in [0, 0.05) is 19.1 Å². The summed E-state index contributed by atoms with van der Waals surface area (Å²) in [6, 6.07) is 9.69. The summed E-state index contributed by atoms with van der Waals surface area (Å²) < 4.78 is 0. The van der Waals surface area contributed by atoms with Gasteiger partial charge in [-0.25, -0.2) is 0 Å². The van der Waals surface area contributed by atoms with Gasteiger partial charge in [-0.05, 0) is 44.0 Å². The van der Waals surface area contributed by atoms with Crippen LogP contribution in [0.5, 0.6) is 0 Å². The molecule has 2 heteroatoms. The molecule has 2 nitrogen and oxygen atoms in total. The van der Waals surface area contributed by atoms with Crippen LogP contribution < -0.4 is 5.32 Å². The molecule has 1 unspecified atom stereocenters. The lowest BCUT2D eigenvalue weighted by Crippen LogP contribution is -2.28. The van der Waals surface area contributed by atoms with Crippen LogP contribution in [0.2, 0.25) is 0 Å². The molecular formula is C18H32N2. The molecule has 1 aromatic carbocycles. The van der Waals surface area contributed by atoms with E-state index in [1.54, 1.807) is 0 Å². The highest BCUT2D eigenvalue weighted by Crippen LogP contribution is 2.11. The Labute approximate surface area is 125 Å². The summed E-state index contributed by atoms with van der Waals surface area (Å²) in [6.45, 7) is 12.1. The minimum absolute atomic E-state index is 0.660. The average Bonchev–Trinajstić information content (AvgIpc) is 2.40. The van der Waals surface area contributed by atoms with E-state index in [0.717, 1.165) is 19.6 Å². The highest BCUT2D eigenvalue weighted by atomic mass is 15.1. The maximum atomic E-state index is 3.49. The molecule has 1 aromatic rings. The van der Waals surface area contributed by atoms with Crippen LogP contribution in [-0.4, -0.2) is 24.5 Å². The second kappa shape index (κ2) is 9.15. The zero-order chi connectivity index (χ0) is 15.0. The van der Waals surface area contributed by atoms with Gasteiger partial charge in [0.25, 0.3) is 0 Å². The first-order valence-electron chi connectivity index (χ1n) is 8.01. The first-order valence-corrected chi connectivity index (χ1v) is 8.01. The Hall–Kier alpha value is -0.860. The van der Waals surface area contributed by atoms with Gasteiger partial charge in [-0.3, -0.25) is 4.90 Å². The summed E-state index contributed by atoms with van der Waals surface area (Å²) in [4.78, 5) is 2.44. The fraction of sp³-hybridized carbons (Fsp3) is 0.667. The van der Waals surface area contributed by atoms with Crippen molar-refractivity contribution in [1.29, 1.82) is 0 Å². The predicted molar refractivity (Wildman–Crippen MR) is 88.8 cm³/mol. The van der Waals surface area contributed by atoms with Gasteiger partial charge in [0.2, 0.25) is 0 Å². The Balaban J connectivity index is 2.41. The molecule has 0 bridgehead atoms. The monoisotopic (exact) mass is 276 g/mol. The van der Waals surface area contributed by atoms with Crippen molar-refractivity contribution in [3.8, 4) is 0 Å². The Bertz CT molecular complexity index is 356. The maximum Gasteiger partial charge on any atom is 0.0233 e. The molecule has 0 fully saturated rings. The quantitative estimate of drug-likeness (QED) is 0.732. The van der Waals surface area contributed by atoms with E-state index in [1.807, 2.05) is 0 Å². The second-order valence-corrected chi connectivity index (χ2v) is 6.39. The van der Waals surface area contributed by atoms with Gasteiger partial charge in [-0.15, -0.1) is 0 Å². The highest BCUT2D eigenvalue weighted by molar-refractivity contribution is 5.22. The van der Waals surface area contributed by atoms with Gasteiger partial charge in [-0.2, -0.15) is 0 Å². The predicted octanol–water partition coefficient (Wildman–Crippen LogP) is 4.05. The first kappa shape index (κ1) is 17.2. The molecule has 1 N–H and O–H groups in total. The lowest BCUT2D eigenvalue weighted by Gasteiger charge is -2.24. The molecule has 0 amide bonds. The van der Waals surface area contributed by atoms with Crippen molar-refractivity contribution in [3.63, 3.8) is 0 Å². The fourth-order valence-corrected chi connectivity index (χ4v) is 2.35. The molecule has 0 saturated heterocycles. The standard InChI is InChI=1S/C18H32N2/c1-6-7-16(4)20(5)14-18-10-8-17(9-11-18)13-19-12-15(2)3/h8-11,15-16,19H,6-7,12-14H2,1-5H3. The molecule has 0 saturated carbocycles. The van der Waals surface area contributed by atoms with E-state index in [0.29, 0.717) is 12.0 Å². The number of benzene rings is 1. The molecule has 0 aliphatic rings. The van der Waals surface area contributed by atoms with E-state index in [1.165, 1.54) is 24.0 Å². The normalized spacial score (nSPS) is 13.2. The molecule has 0 aromatic heterocycles. The van der Waals surface area contributed by atoms with Crippen molar-refractivity contribution in [2.75, 3.05) is 13.6 Å². The Morgan fingerprint density at radius 3 is 2.20 bits per heavy atom. The molecule has 1 atom stereocenters. The van der Waals surface area contributed by atoms with Crippen molar-refractivity contribution in [2.24, 2.45) is 5.92 Å². The van der Waals surface area contributed by atoms with Gasteiger partial charge in [0.05, 0.1) is 0 Å².